The molecule has 124 valence electrons. The van der Waals surface area contributed by atoms with Crippen molar-refractivity contribution < 1.29 is 14.0 Å². The van der Waals surface area contributed by atoms with E-state index in [-0.39, 0.29) is 17.6 Å². The van der Waals surface area contributed by atoms with Gasteiger partial charge in [-0.25, -0.2) is 4.39 Å². The van der Waals surface area contributed by atoms with E-state index in [9.17, 15) is 14.0 Å². The molecule has 1 aliphatic rings. The predicted molar refractivity (Wildman–Crippen MR) is 90.7 cm³/mol. The summed E-state index contributed by atoms with van der Waals surface area (Å²) in [6.07, 6.45) is 0. The first-order valence-electron chi connectivity index (χ1n) is 7.61. The maximum absolute atomic E-state index is 13.0. The van der Waals surface area contributed by atoms with Crippen molar-refractivity contribution in [2.24, 2.45) is 0 Å². The molecule has 2 aromatic rings. The maximum Gasteiger partial charge on any atom is 0.254 e. The van der Waals surface area contributed by atoms with E-state index in [0.29, 0.717) is 29.4 Å². The van der Waals surface area contributed by atoms with Gasteiger partial charge in [-0.05, 0) is 49.4 Å². The number of carbonyl (C=O) groups excluding carboxylic acids is 2. The molecule has 1 atom stereocenters. The van der Waals surface area contributed by atoms with Crippen molar-refractivity contribution in [1.82, 2.24) is 4.90 Å². The van der Waals surface area contributed by atoms with Gasteiger partial charge in [0.15, 0.2) is 0 Å². The molecule has 1 heterocycles. The van der Waals surface area contributed by atoms with Crippen molar-refractivity contribution in [3.05, 3.63) is 64.9 Å². The van der Waals surface area contributed by atoms with Gasteiger partial charge in [-0.15, -0.1) is 0 Å². The summed E-state index contributed by atoms with van der Waals surface area (Å²) in [6, 6.07) is 11.8. The summed E-state index contributed by atoms with van der Waals surface area (Å²) in [7, 11) is 0. The summed E-state index contributed by atoms with van der Waals surface area (Å²) in [5, 5.41) is 0.477. The zero-order valence-corrected chi connectivity index (χ0v) is 13.8. The van der Waals surface area contributed by atoms with Gasteiger partial charge in [0.05, 0.1) is 0 Å². The Labute approximate surface area is 144 Å². The lowest BCUT2D eigenvalue weighted by atomic mass is 10.1. The van der Waals surface area contributed by atoms with Gasteiger partial charge in [-0.3, -0.25) is 9.59 Å². The monoisotopic (exact) mass is 346 g/mol. The van der Waals surface area contributed by atoms with Crippen molar-refractivity contribution in [2.45, 2.75) is 13.0 Å². The van der Waals surface area contributed by atoms with Crippen LogP contribution in [0, 0.1) is 5.82 Å². The summed E-state index contributed by atoms with van der Waals surface area (Å²) in [5.74, 6) is -0.769. The van der Waals surface area contributed by atoms with E-state index in [1.807, 2.05) is 0 Å². The van der Waals surface area contributed by atoms with Crippen LogP contribution in [-0.4, -0.2) is 35.8 Å². The Morgan fingerprint density at radius 3 is 2.54 bits per heavy atom. The highest BCUT2D eigenvalue weighted by Crippen LogP contribution is 2.22. The Bertz CT molecular complexity index is 779. The van der Waals surface area contributed by atoms with Crippen LogP contribution in [0.4, 0.5) is 10.1 Å². The van der Waals surface area contributed by atoms with Crippen LogP contribution in [0.3, 0.4) is 0 Å². The number of piperazine rings is 1. The smallest absolute Gasteiger partial charge is 0.254 e. The maximum atomic E-state index is 13.0. The van der Waals surface area contributed by atoms with Crippen LogP contribution in [0.25, 0.3) is 0 Å². The Balaban J connectivity index is 1.79. The zero-order chi connectivity index (χ0) is 17.3. The Morgan fingerprint density at radius 1 is 1.17 bits per heavy atom. The Hall–Kier alpha value is -2.40. The average Bonchev–Trinajstić information content (AvgIpc) is 2.58. The topological polar surface area (TPSA) is 40.6 Å². The third-order valence-corrected chi connectivity index (χ3v) is 4.36. The molecule has 1 saturated heterocycles. The first-order chi connectivity index (χ1) is 11.5. The number of benzene rings is 2. The minimum atomic E-state index is -0.602. The van der Waals surface area contributed by atoms with Crippen LogP contribution in [0.2, 0.25) is 5.02 Å². The predicted octanol–water partition coefficient (Wildman–Crippen LogP) is 3.36. The summed E-state index contributed by atoms with van der Waals surface area (Å²) >= 11 is 5.93. The molecule has 0 aliphatic carbocycles. The third kappa shape index (κ3) is 3.12. The molecule has 4 nitrogen and oxygen atoms in total. The van der Waals surface area contributed by atoms with Crippen molar-refractivity contribution >= 4 is 29.1 Å². The number of anilines is 1. The summed E-state index contributed by atoms with van der Waals surface area (Å²) in [5.41, 5.74) is 1.08. The molecule has 2 aromatic carbocycles. The van der Waals surface area contributed by atoms with Gasteiger partial charge in [0, 0.05) is 29.4 Å². The van der Waals surface area contributed by atoms with Gasteiger partial charge in [-0.1, -0.05) is 17.7 Å². The molecule has 0 N–H and O–H groups in total. The quantitative estimate of drug-likeness (QED) is 0.836. The number of nitrogens with zero attached hydrogens (tertiary/aromatic N) is 2. The van der Waals surface area contributed by atoms with E-state index >= 15 is 0 Å². The van der Waals surface area contributed by atoms with E-state index in [0.717, 1.165) is 0 Å². The van der Waals surface area contributed by atoms with E-state index in [2.05, 4.69) is 0 Å². The third-order valence-electron chi connectivity index (χ3n) is 4.13. The van der Waals surface area contributed by atoms with E-state index < -0.39 is 6.04 Å². The molecule has 0 bridgehead atoms. The fourth-order valence-electron chi connectivity index (χ4n) is 2.81. The molecule has 24 heavy (non-hydrogen) atoms. The number of carbonyl (C=O) groups is 2. The second-order valence-corrected chi connectivity index (χ2v) is 6.09. The largest absolute Gasteiger partial charge is 0.325 e. The summed E-state index contributed by atoms with van der Waals surface area (Å²) < 4.78 is 13.0. The molecule has 0 radical (unpaired) electrons. The van der Waals surface area contributed by atoms with Crippen LogP contribution in [0.1, 0.15) is 17.3 Å². The van der Waals surface area contributed by atoms with Gasteiger partial charge in [-0.2, -0.15) is 0 Å². The standard InChI is InChI=1S/C18H16ClFN2O2/c1-12-17(23)22(16-7-5-15(20)6-8-16)10-9-21(12)18(24)13-3-2-4-14(19)11-13/h2-8,11-12H,9-10H2,1H3. The van der Waals surface area contributed by atoms with E-state index in [1.54, 1.807) is 48.2 Å². The second kappa shape index (κ2) is 6.61. The number of amides is 2. The first kappa shape index (κ1) is 16.5. The molecule has 1 unspecified atom stereocenters. The Morgan fingerprint density at radius 2 is 1.88 bits per heavy atom. The molecular formula is C18H16ClFN2O2. The highest BCUT2D eigenvalue weighted by atomic mass is 35.5. The molecule has 0 aromatic heterocycles. The lowest BCUT2D eigenvalue weighted by molar-refractivity contribution is -0.124. The van der Waals surface area contributed by atoms with Crippen LogP contribution < -0.4 is 4.90 Å². The van der Waals surface area contributed by atoms with Gasteiger partial charge >= 0.3 is 0 Å². The SMILES string of the molecule is CC1C(=O)N(c2ccc(F)cc2)CCN1C(=O)c1cccc(Cl)c1. The number of hydrogen-bond donors (Lipinski definition) is 0. The highest BCUT2D eigenvalue weighted by molar-refractivity contribution is 6.31. The number of halogens is 2. The normalized spacial score (nSPS) is 18.0. The molecule has 6 heteroatoms. The van der Waals surface area contributed by atoms with Gasteiger partial charge in [0.2, 0.25) is 5.91 Å². The molecule has 0 spiro atoms. The van der Waals surface area contributed by atoms with Crippen LogP contribution in [0.5, 0.6) is 0 Å². The van der Waals surface area contributed by atoms with Gasteiger partial charge < -0.3 is 9.80 Å². The molecule has 3 rings (SSSR count). The number of rotatable bonds is 2. The van der Waals surface area contributed by atoms with E-state index in [4.69, 9.17) is 11.6 Å². The fraction of sp³-hybridized carbons (Fsp3) is 0.222. The van der Waals surface area contributed by atoms with Crippen molar-refractivity contribution in [1.29, 1.82) is 0 Å². The molecule has 2 amide bonds. The second-order valence-electron chi connectivity index (χ2n) is 5.65. The minimum Gasteiger partial charge on any atom is -0.325 e. The molecule has 1 aliphatic heterocycles. The van der Waals surface area contributed by atoms with Crippen molar-refractivity contribution in [3.63, 3.8) is 0 Å². The Kier molecular flexibility index (Phi) is 4.53. The number of hydrogen-bond acceptors (Lipinski definition) is 2. The lowest BCUT2D eigenvalue weighted by Crippen LogP contribution is -2.57. The van der Waals surface area contributed by atoms with E-state index in [1.165, 1.54) is 17.0 Å². The zero-order valence-electron chi connectivity index (χ0n) is 13.1. The van der Waals surface area contributed by atoms with Crippen molar-refractivity contribution in [2.75, 3.05) is 18.0 Å². The molecule has 0 saturated carbocycles. The minimum absolute atomic E-state index is 0.191. The highest BCUT2D eigenvalue weighted by Gasteiger charge is 2.35. The van der Waals surface area contributed by atoms with Crippen LogP contribution >= 0.6 is 11.6 Å². The fourth-order valence-corrected chi connectivity index (χ4v) is 3.00. The first-order valence-corrected chi connectivity index (χ1v) is 7.98. The summed E-state index contributed by atoms with van der Waals surface area (Å²) in [6.45, 7) is 2.46. The lowest BCUT2D eigenvalue weighted by Gasteiger charge is -2.39. The molecular weight excluding hydrogens is 331 g/mol. The van der Waals surface area contributed by atoms with Crippen LogP contribution in [-0.2, 0) is 4.79 Å². The average molecular weight is 347 g/mol. The van der Waals surface area contributed by atoms with Crippen LogP contribution in [0.15, 0.2) is 48.5 Å². The molecule has 1 fully saturated rings. The van der Waals surface area contributed by atoms with Gasteiger partial charge in [0.25, 0.3) is 5.91 Å². The van der Waals surface area contributed by atoms with Gasteiger partial charge in [0.1, 0.15) is 11.9 Å². The van der Waals surface area contributed by atoms with Crippen molar-refractivity contribution in [3.8, 4) is 0 Å². The summed E-state index contributed by atoms with van der Waals surface area (Å²) in [4.78, 5) is 28.4.